The van der Waals surface area contributed by atoms with Crippen molar-refractivity contribution in [2.45, 2.75) is 40.3 Å². The third kappa shape index (κ3) is 4.97. The largest absolute Gasteiger partial charge is 0.357 e. The first-order valence-corrected chi connectivity index (χ1v) is 10.5. The van der Waals surface area contributed by atoms with Gasteiger partial charge in [-0.25, -0.2) is 9.18 Å². The number of hydrogen-bond acceptors (Lipinski definition) is 1. The molecule has 0 fully saturated rings. The van der Waals surface area contributed by atoms with Gasteiger partial charge in [0, 0.05) is 46.3 Å². The molecular formula is C23H24Cl2FN3O. The van der Waals surface area contributed by atoms with Crippen molar-refractivity contribution in [3.05, 3.63) is 97.2 Å². The van der Waals surface area contributed by atoms with Crippen LogP contribution in [0.3, 0.4) is 0 Å². The summed E-state index contributed by atoms with van der Waals surface area (Å²) in [5.41, 5.74) is 4.39. The summed E-state index contributed by atoms with van der Waals surface area (Å²) in [5.74, 6) is -0.299. The molecule has 0 unspecified atom stereocenters. The number of benzene rings is 1. The normalized spacial score (nSPS) is 12.3. The van der Waals surface area contributed by atoms with Crippen molar-refractivity contribution in [3.8, 4) is 0 Å². The van der Waals surface area contributed by atoms with Crippen LogP contribution in [0.1, 0.15) is 42.1 Å². The van der Waals surface area contributed by atoms with E-state index in [0.717, 1.165) is 28.2 Å². The molecule has 1 aromatic carbocycles. The highest BCUT2D eigenvalue weighted by Gasteiger charge is 2.14. The number of aromatic amines is 1. The van der Waals surface area contributed by atoms with Gasteiger partial charge < -0.3 is 4.98 Å². The van der Waals surface area contributed by atoms with E-state index >= 15 is 0 Å². The van der Waals surface area contributed by atoms with Crippen molar-refractivity contribution >= 4 is 29.3 Å². The molecule has 0 radical (unpaired) electrons. The Hall–Kier alpha value is -2.50. The van der Waals surface area contributed by atoms with Crippen molar-refractivity contribution in [1.82, 2.24) is 14.1 Å². The fourth-order valence-electron chi connectivity index (χ4n) is 3.38. The SMILES string of the molecule is C/C=C(F)\C=C/c1[nH]c(Cn2cc(Cc3ccc(Cl)cc3Cl)n(CC)c2=O)cc1C. The fourth-order valence-corrected chi connectivity index (χ4v) is 3.86. The molecule has 2 aromatic heterocycles. The molecule has 0 spiro atoms. The van der Waals surface area contributed by atoms with Crippen molar-refractivity contribution in [1.29, 1.82) is 0 Å². The first-order valence-electron chi connectivity index (χ1n) is 9.73. The van der Waals surface area contributed by atoms with Crippen LogP contribution in [0.2, 0.25) is 10.0 Å². The lowest BCUT2D eigenvalue weighted by molar-refractivity contribution is 0.651. The third-order valence-corrected chi connectivity index (χ3v) is 5.55. The van der Waals surface area contributed by atoms with Gasteiger partial charge in [-0.1, -0.05) is 35.3 Å². The molecule has 0 aliphatic carbocycles. The van der Waals surface area contributed by atoms with Crippen LogP contribution in [-0.2, 0) is 19.5 Å². The maximum Gasteiger partial charge on any atom is 0.328 e. The second-order valence-electron chi connectivity index (χ2n) is 7.09. The summed E-state index contributed by atoms with van der Waals surface area (Å²) < 4.78 is 16.8. The topological polar surface area (TPSA) is 42.7 Å². The Bertz CT molecular complexity index is 1170. The second-order valence-corrected chi connectivity index (χ2v) is 7.93. The number of nitrogens with one attached hydrogen (secondary N) is 1. The van der Waals surface area contributed by atoms with Crippen molar-refractivity contribution < 1.29 is 4.39 Å². The molecule has 2 heterocycles. The van der Waals surface area contributed by atoms with E-state index in [0.29, 0.717) is 29.6 Å². The minimum Gasteiger partial charge on any atom is -0.357 e. The highest BCUT2D eigenvalue weighted by Crippen LogP contribution is 2.23. The molecule has 0 atom stereocenters. The summed E-state index contributed by atoms with van der Waals surface area (Å²) in [7, 11) is 0. The van der Waals surface area contributed by atoms with Gasteiger partial charge in [-0.05, 0) is 62.2 Å². The lowest BCUT2D eigenvalue weighted by Gasteiger charge is -2.06. The molecule has 3 rings (SSSR count). The number of halogens is 3. The predicted molar refractivity (Wildman–Crippen MR) is 122 cm³/mol. The van der Waals surface area contributed by atoms with Gasteiger partial charge in [0.05, 0.1) is 6.54 Å². The zero-order valence-corrected chi connectivity index (χ0v) is 18.7. The zero-order valence-electron chi connectivity index (χ0n) is 17.2. The van der Waals surface area contributed by atoms with Crippen molar-refractivity contribution in [2.75, 3.05) is 0 Å². The number of allylic oxidation sites excluding steroid dienone is 3. The maximum absolute atomic E-state index is 13.4. The molecular weight excluding hydrogens is 424 g/mol. The van der Waals surface area contributed by atoms with E-state index in [4.69, 9.17) is 23.2 Å². The number of hydrogen-bond donors (Lipinski definition) is 1. The lowest BCUT2D eigenvalue weighted by atomic mass is 10.1. The van der Waals surface area contributed by atoms with Crippen LogP contribution in [0.25, 0.3) is 6.08 Å². The summed E-state index contributed by atoms with van der Waals surface area (Å²) in [6, 6.07) is 7.35. The summed E-state index contributed by atoms with van der Waals surface area (Å²) >= 11 is 12.3. The minimum atomic E-state index is -0.299. The Kier molecular flexibility index (Phi) is 7.06. The number of rotatable bonds is 7. The summed E-state index contributed by atoms with van der Waals surface area (Å²) in [4.78, 5) is 16.1. The molecule has 30 heavy (non-hydrogen) atoms. The van der Waals surface area contributed by atoms with Gasteiger partial charge in [0.25, 0.3) is 0 Å². The van der Waals surface area contributed by atoms with E-state index in [1.807, 2.05) is 32.2 Å². The van der Waals surface area contributed by atoms with Crippen molar-refractivity contribution in [3.63, 3.8) is 0 Å². The van der Waals surface area contributed by atoms with Gasteiger partial charge in [0.2, 0.25) is 0 Å². The fraction of sp³-hybridized carbons (Fsp3) is 0.261. The van der Waals surface area contributed by atoms with Crippen LogP contribution in [0, 0.1) is 6.92 Å². The van der Waals surface area contributed by atoms with Crippen molar-refractivity contribution in [2.24, 2.45) is 0 Å². The first-order chi connectivity index (χ1) is 14.3. The Labute approximate surface area is 185 Å². The van der Waals surface area contributed by atoms with E-state index in [-0.39, 0.29) is 11.5 Å². The van der Waals surface area contributed by atoms with Gasteiger partial charge in [0.1, 0.15) is 5.83 Å². The molecule has 3 aromatic rings. The average molecular weight is 448 g/mol. The lowest BCUT2D eigenvalue weighted by Crippen LogP contribution is -2.25. The Morgan fingerprint density at radius 1 is 1.27 bits per heavy atom. The molecule has 0 bridgehead atoms. The highest BCUT2D eigenvalue weighted by molar-refractivity contribution is 6.35. The third-order valence-electron chi connectivity index (χ3n) is 4.97. The number of nitrogens with zero attached hydrogens (tertiary/aromatic N) is 2. The molecule has 0 aliphatic rings. The molecule has 0 saturated heterocycles. The van der Waals surface area contributed by atoms with E-state index in [2.05, 4.69) is 4.98 Å². The van der Waals surface area contributed by atoms with Crippen LogP contribution in [0.15, 0.2) is 53.2 Å². The van der Waals surface area contributed by atoms with Gasteiger partial charge in [0.15, 0.2) is 0 Å². The molecule has 7 heteroatoms. The van der Waals surface area contributed by atoms with E-state index < -0.39 is 0 Å². The van der Waals surface area contributed by atoms with Crippen LogP contribution in [-0.4, -0.2) is 14.1 Å². The minimum absolute atomic E-state index is 0.0816. The molecule has 158 valence electrons. The summed E-state index contributed by atoms with van der Waals surface area (Å²) in [5, 5.41) is 1.16. The van der Waals surface area contributed by atoms with Crippen LogP contribution >= 0.6 is 23.2 Å². The van der Waals surface area contributed by atoms with Gasteiger partial charge in [-0.2, -0.15) is 0 Å². The predicted octanol–water partition coefficient (Wildman–Crippen LogP) is 6.14. The number of aromatic nitrogens is 3. The van der Waals surface area contributed by atoms with Gasteiger partial charge in [-0.15, -0.1) is 0 Å². The second kappa shape index (κ2) is 9.54. The van der Waals surface area contributed by atoms with E-state index in [1.54, 1.807) is 34.3 Å². The van der Waals surface area contributed by atoms with Gasteiger partial charge >= 0.3 is 5.69 Å². The average Bonchev–Trinajstić information content (AvgIpc) is 3.20. The van der Waals surface area contributed by atoms with Crippen LogP contribution in [0.5, 0.6) is 0 Å². The summed E-state index contributed by atoms with van der Waals surface area (Å²) in [6.07, 6.45) is 6.91. The smallest absolute Gasteiger partial charge is 0.328 e. The first kappa shape index (κ1) is 22.2. The molecule has 4 nitrogen and oxygen atoms in total. The Balaban J connectivity index is 1.87. The number of imidazole rings is 1. The quantitative estimate of drug-likeness (QED) is 0.434. The zero-order chi connectivity index (χ0) is 21.8. The number of aryl methyl sites for hydroxylation is 1. The molecule has 0 saturated carbocycles. The Morgan fingerprint density at radius 3 is 2.70 bits per heavy atom. The van der Waals surface area contributed by atoms with E-state index in [9.17, 15) is 9.18 Å². The summed E-state index contributed by atoms with van der Waals surface area (Å²) in [6.45, 7) is 6.49. The molecule has 0 amide bonds. The molecule has 0 aliphatic heterocycles. The van der Waals surface area contributed by atoms with E-state index in [1.165, 1.54) is 12.2 Å². The van der Waals surface area contributed by atoms with Crippen LogP contribution in [0.4, 0.5) is 4.39 Å². The standard InChI is InChI=1S/C23H24Cl2FN3O/c1-4-18(26)8-9-22-15(3)10-19(27-22)13-28-14-20(29(5-2)23(28)30)11-16-6-7-17(24)12-21(16)25/h4,6-10,12,14,27H,5,11,13H2,1-3H3/b9-8-,18-4+. The van der Waals surface area contributed by atoms with Crippen LogP contribution < -0.4 is 5.69 Å². The molecule has 1 N–H and O–H groups in total. The number of H-pyrrole nitrogens is 1. The maximum atomic E-state index is 13.4. The van der Waals surface area contributed by atoms with Gasteiger partial charge in [-0.3, -0.25) is 9.13 Å². The Morgan fingerprint density at radius 2 is 2.03 bits per heavy atom. The highest BCUT2D eigenvalue weighted by atomic mass is 35.5. The monoisotopic (exact) mass is 447 g/mol.